The molecule has 1 aliphatic rings. The summed E-state index contributed by atoms with van der Waals surface area (Å²) in [6.07, 6.45) is 2.52. The Bertz CT molecular complexity index is 862. The first kappa shape index (κ1) is 17.7. The number of carbonyl (C=O) groups excluding carboxylic acids is 2. The smallest absolute Gasteiger partial charge is 0.266 e. The van der Waals surface area contributed by atoms with Crippen LogP contribution in [0.5, 0.6) is 0 Å². The van der Waals surface area contributed by atoms with E-state index in [1.165, 1.54) is 0 Å². The molecule has 134 valence electrons. The Balaban J connectivity index is 1.86. The molecule has 2 aromatic rings. The second kappa shape index (κ2) is 6.63. The summed E-state index contributed by atoms with van der Waals surface area (Å²) in [5, 5.41) is 2.99. The highest BCUT2D eigenvalue weighted by molar-refractivity contribution is 7.71. The van der Waals surface area contributed by atoms with Gasteiger partial charge >= 0.3 is 0 Å². The number of oxazole rings is 1. The van der Waals surface area contributed by atoms with Crippen LogP contribution in [0, 0.1) is 4.84 Å². The minimum absolute atomic E-state index is 0.0965. The first-order valence-corrected chi connectivity index (χ1v) is 8.91. The molecule has 2 N–H and O–H groups in total. The molecule has 0 saturated carbocycles. The van der Waals surface area contributed by atoms with Gasteiger partial charge in [0.2, 0.25) is 5.91 Å². The van der Waals surface area contributed by atoms with Gasteiger partial charge in [-0.05, 0) is 70.5 Å². The highest BCUT2D eigenvalue weighted by atomic mass is 32.1. The van der Waals surface area contributed by atoms with Crippen molar-refractivity contribution in [2.24, 2.45) is 0 Å². The standard InChI is InChI=1S/C18H23N3O3S/c1-18(2,3)20-15(22)13-6-4-5-9-21(13)16(23)11-7-8-12-14(10-11)24-17(25)19-12/h7-8,10,13H,4-6,9H2,1-3H3,(H,19,25)(H,20,22). The van der Waals surface area contributed by atoms with E-state index in [2.05, 4.69) is 10.3 Å². The number of hydrogen-bond donors (Lipinski definition) is 2. The zero-order valence-electron chi connectivity index (χ0n) is 14.7. The van der Waals surface area contributed by atoms with Gasteiger partial charge in [0.1, 0.15) is 6.04 Å². The van der Waals surface area contributed by atoms with Gasteiger partial charge in [0.15, 0.2) is 5.58 Å². The second-order valence-electron chi connectivity index (χ2n) is 7.47. The fourth-order valence-electron chi connectivity index (χ4n) is 3.14. The van der Waals surface area contributed by atoms with E-state index in [-0.39, 0.29) is 22.2 Å². The number of rotatable bonds is 2. The average molecular weight is 361 g/mol. The number of aromatic nitrogens is 1. The van der Waals surface area contributed by atoms with Crippen molar-refractivity contribution in [2.45, 2.75) is 51.6 Å². The average Bonchev–Trinajstić information content (AvgIpc) is 2.91. The molecular weight excluding hydrogens is 338 g/mol. The van der Waals surface area contributed by atoms with Crippen LogP contribution in [-0.2, 0) is 4.79 Å². The SMILES string of the molecule is CC(C)(C)NC(=O)C1CCCCN1C(=O)c1ccc2[nH]c(=S)oc2c1. The van der Waals surface area contributed by atoms with Crippen LogP contribution in [0.2, 0.25) is 0 Å². The number of piperidine rings is 1. The lowest BCUT2D eigenvalue weighted by Gasteiger charge is -2.36. The van der Waals surface area contributed by atoms with Crippen molar-refractivity contribution in [3.8, 4) is 0 Å². The van der Waals surface area contributed by atoms with E-state index in [1.807, 2.05) is 20.8 Å². The highest BCUT2D eigenvalue weighted by Gasteiger charge is 2.34. The molecule has 0 radical (unpaired) electrons. The maximum absolute atomic E-state index is 13.0. The van der Waals surface area contributed by atoms with Gasteiger partial charge in [-0.2, -0.15) is 0 Å². The highest BCUT2D eigenvalue weighted by Crippen LogP contribution is 2.23. The Morgan fingerprint density at radius 1 is 1.32 bits per heavy atom. The van der Waals surface area contributed by atoms with Gasteiger partial charge in [-0.15, -0.1) is 0 Å². The Hall–Kier alpha value is -2.15. The topological polar surface area (TPSA) is 78.3 Å². The largest absolute Gasteiger partial charge is 0.429 e. The van der Waals surface area contributed by atoms with Crippen LogP contribution >= 0.6 is 12.2 Å². The van der Waals surface area contributed by atoms with Gasteiger partial charge in [0, 0.05) is 17.6 Å². The molecule has 1 aliphatic heterocycles. The predicted molar refractivity (Wildman–Crippen MR) is 98.0 cm³/mol. The fourth-order valence-corrected chi connectivity index (χ4v) is 3.34. The van der Waals surface area contributed by atoms with Crippen LogP contribution in [0.15, 0.2) is 22.6 Å². The number of nitrogens with one attached hydrogen (secondary N) is 2. The van der Waals surface area contributed by atoms with Gasteiger partial charge < -0.3 is 19.6 Å². The normalized spacial score (nSPS) is 18.4. The zero-order valence-corrected chi connectivity index (χ0v) is 15.5. The fraction of sp³-hybridized carbons (Fsp3) is 0.500. The third kappa shape index (κ3) is 3.92. The molecule has 1 unspecified atom stereocenters. The molecule has 6 nitrogen and oxygen atoms in total. The Kier molecular flexibility index (Phi) is 4.69. The van der Waals surface area contributed by atoms with Crippen molar-refractivity contribution in [1.82, 2.24) is 15.2 Å². The third-order valence-corrected chi connectivity index (χ3v) is 4.42. The molecule has 0 aliphatic carbocycles. The van der Waals surface area contributed by atoms with Crippen molar-refractivity contribution in [3.63, 3.8) is 0 Å². The van der Waals surface area contributed by atoms with Crippen LogP contribution in [0.4, 0.5) is 0 Å². The van der Waals surface area contributed by atoms with Gasteiger partial charge in [-0.1, -0.05) is 0 Å². The van der Waals surface area contributed by atoms with E-state index in [0.717, 1.165) is 18.4 Å². The number of nitrogens with zero attached hydrogens (tertiary/aromatic N) is 1. The summed E-state index contributed by atoms with van der Waals surface area (Å²) in [5.41, 5.74) is 1.47. The van der Waals surface area contributed by atoms with Gasteiger partial charge in [0.05, 0.1) is 5.52 Å². The molecular formula is C18H23N3O3S. The van der Waals surface area contributed by atoms with Crippen LogP contribution in [0.3, 0.4) is 0 Å². The zero-order chi connectivity index (χ0) is 18.2. The molecule has 1 atom stereocenters. The van der Waals surface area contributed by atoms with Crippen molar-refractivity contribution in [3.05, 3.63) is 28.6 Å². The number of carbonyl (C=O) groups is 2. The van der Waals surface area contributed by atoms with Crippen LogP contribution in [0.1, 0.15) is 50.4 Å². The van der Waals surface area contributed by atoms with Crippen molar-refractivity contribution >= 4 is 35.1 Å². The third-order valence-electron chi connectivity index (χ3n) is 4.23. The second-order valence-corrected chi connectivity index (χ2v) is 7.85. The molecule has 0 bridgehead atoms. The van der Waals surface area contributed by atoms with Crippen LogP contribution in [0.25, 0.3) is 11.1 Å². The summed E-state index contributed by atoms with van der Waals surface area (Å²) in [5.74, 6) is -0.251. The van der Waals surface area contributed by atoms with Crippen LogP contribution in [-0.4, -0.2) is 39.8 Å². The number of H-pyrrole nitrogens is 1. The van der Waals surface area contributed by atoms with E-state index in [4.69, 9.17) is 16.6 Å². The van der Waals surface area contributed by atoms with Crippen LogP contribution < -0.4 is 5.32 Å². The molecule has 2 heterocycles. The first-order chi connectivity index (χ1) is 11.7. The lowest BCUT2D eigenvalue weighted by molar-refractivity contribution is -0.128. The lowest BCUT2D eigenvalue weighted by Crippen LogP contribution is -2.55. The summed E-state index contributed by atoms with van der Waals surface area (Å²) in [4.78, 5) is 30.5. The predicted octanol–water partition coefficient (Wildman–Crippen LogP) is 3.40. The Morgan fingerprint density at radius 2 is 2.08 bits per heavy atom. The van der Waals surface area contributed by atoms with Gasteiger partial charge in [-0.25, -0.2) is 0 Å². The number of benzene rings is 1. The number of amides is 2. The Labute approximate surface area is 151 Å². The summed E-state index contributed by atoms with van der Waals surface area (Å²) in [6.45, 7) is 6.39. The van der Waals surface area contributed by atoms with Gasteiger partial charge in [-0.3, -0.25) is 9.59 Å². The first-order valence-electron chi connectivity index (χ1n) is 8.50. The number of hydrogen-bond acceptors (Lipinski definition) is 4. The summed E-state index contributed by atoms with van der Waals surface area (Å²) >= 11 is 4.98. The minimum atomic E-state index is -0.436. The van der Waals surface area contributed by atoms with Crippen molar-refractivity contribution in [2.75, 3.05) is 6.54 Å². The summed E-state index contributed by atoms with van der Waals surface area (Å²) in [6, 6.07) is 4.75. The maximum atomic E-state index is 13.0. The molecule has 1 fully saturated rings. The lowest BCUT2D eigenvalue weighted by atomic mass is 9.98. The number of likely N-dealkylation sites (tertiary alicyclic amines) is 1. The summed E-state index contributed by atoms with van der Waals surface area (Å²) < 4.78 is 5.40. The summed E-state index contributed by atoms with van der Waals surface area (Å²) in [7, 11) is 0. The Morgan fingerprint density at radius 3 is 2.80 bits per heavy atom. The minimum Gasteiger partial charge on any atom is -0.429 e. The molecule has 2 amide bonds. The molecule has 7 heteroatoms. The van der Waals surface area contributed by atoms with E-state index in [1.54, 1.807) is 23.1 Å². The number of fused-ring (bicyclic) bond motifs is 1. The number of aromatic amines is 1. The monoisotopic (exact) mass is 361 g/mol. The van der Waals surface area contributed by atoms with E-state index in [9.17, 15) is 9.59 Å². The molecule has 1 saturated heterocycles. The molecule has 25 heavy (non-hydrogen) atoms. The maximum Gasteiger partial charge on any atom is 0.266 e. The van der Waals surface area contributed by atoms with Gasteiger partial charge in [0.25, 0.3) is 10.7 Å². The quantitative estimate of drug-likeness (QED) is 0.804. The van der Waals surface area contributed by atoms with E-state index in [0.29, 0.717) is 24.1 Å². The molecule has 3 rings (SSSR count). The molecule has 1 aromatic heterocycles. The molecule has 1 aromatic carbocycles. The van der Waals surface area contributed by atoms with E-state index >= 15 is 0 Å². The van der Waals surface area contributed by atoms with Crippen molar-refractivity contribution in [1.29, 1.82) is 0 Å². The van der Waals surface area contributed by atoms with Crippen molar-refractivity contribution < 1.29 is 14.0 Å². The molecule has 0 spiro atoms. The van der Waals surface area contributed by atoms with E-state index < -0.39 is 6.04 Å².